The fourth-order valence-electron chi connectivity index (χ4n) is 1.94. The minimum absolute atomic E-state index is 0.334. The number of nitrogens with zero attached hydrogens (tertiary/aromatic N) is 1. The van der Waals surface area contributed by atoms with Gasteiger partial charge in [-0.1, -0.05) is 6.07 Å². The standard InChI is InChI=1S/C12H20N2OS/c1-10(12-4-3-7-16-12)13-8-11-9-14(2)5-6-15-11/h3-4,7,10-11,13H,5-6,8-9H2,1-2H3. The Hall–Kier alpha value is -0.420. The van der Waals surface area contributed by atoms with Crippen molar-refractivity contribution in [3.63, 3.8) is 0 Å². The third kappa shape index (κ3) is 3.28. The Morgan fingerprint density at radius 2 is 2.56 bits per heavy atom. The van der Waals surface area contributed by atoms with Crippen molar-refractivity contribution in [3.8, 4) is 0 Å². The molecule has 0 bridgehead atoms. The van der Waals surface area contributed by atoms with Crippen LogP contribution in [0.25, 0.3) is 0 Å². The van der Waals surface area contributed by atoms with Crippen LogP contribution in [0.1, 0.15) is 17.8 Å². The van der Waals surface area contributed by atoms with E-state index in [0.29, 0.717) is 12.1 Å². The summed E-state index contributed by atoms with van der Waals surface area (Å²) in [7, 11) is 2.15. The number of hydrogen-bond donors (Lipinski definition) is 1. The lowest BCUT2D eigenvalue weighted by Crippen LogP contribution is -2.45. The quantitative estimate of drug-likeness (QED) is 0.867. The third-order valence-corrected chi connectivity index (χ3v) is 4.02. The topological polar surface area (TPSA) is 24.5 Å². The van der Waals surface area contributed by atoms with Gasteiger partial charge in [0.15, 0.2) is 0 Å². The van der Waals surface area contributed by atoms with Crippen LogP contribution in [0.15, 0.2) is 17.5 Å². The highest BCUT2D eigenvalue weighted by Crippen LogP contribution is 2.18. The van der Waals surface area contributed by atoms with Gasteiger partial charge in [-0.05, 0) is 25.4 Å². The molecule has 2 rings (SSSR count). The van der Waals surface area contributed by atoms with E-state index in [4.69, 9.17) is 4.74 Å². The van der Waals surface area contributed by atoms with Crippen molar-refractivity contribution in [2.24, 2.45) is 0 Å². The predicted molar refractivity (Wildman–Crippen MR) is 68.0 cm³/mol. The number of nitrogens with one attached hydrogen (secondary N) is 1. The zero-order valence-electron chi connectivity index (χ0n) is 9.98. The SMILES string of the molecule is CC(NCC1CN(C)CCO1)c1cccs1. The summed E-state index contributed by atoms with van der Waals surface area (Å²) in [6, 6.07) is 4.70. The van der Waals surface area contributed by atoms with Crippen LogP contribution in [0, 0.1) is 0 Å². The molecule has 90 valence electrons. The lowest BCUT2D eigenvalue weighted by Gasteiger charge is -2.30. The van der Waals surface area contributed by atoms with Gasteiger partial charge >= 0.3 is 0 Å². The Labute approximate surface area is 101 Å². The largest absolute Gasteiger partial charge is 0.374 e. The van der Waals surface area contributed by atoms with Crippen molar-refractivity contribution < 1.29 is 4.74 Å². The molecule has 1 aromatic rings. The maximum Gasteiger partial charge on any atom is 0.0826 e. The highest BCUT2D eigenvalue weighted by molar-refractivity contribution is 7.10. The average molecular weight is 240 g/mol. The van der Waals surface area contributed by atoms with Gasteiger partial charge in [-0.2, -0.15) is 0 Å². The Morgan fingerprint density at radius 1 is 1.69 bits per heavy atom. The molecule has 1 aromatic heterocycles. The zero-order chi connectivity index (χ0) is 11.4. The fraction of sp³-hybridized carbons (Fsp3) is 0.667. The van der Waals surface area contributed by atoms with E-state index in [1.165, 1.54) is 4.88 Å². The monoisotopic (exact) mass is 240 g/mol. The second-order valence-electron chi connectivity index (χ2n) is 4.40. The number of hydrogen-bond acceptors (Lipinski definition) is 4. The molecule has 0 radical (unpaired) electrons. The normalized spacial score (nSPS) is 24.5. The van der Waals surface area contributed by atoms with Gasteiger partial charge in [0, 0.05) is 30.6 Å². The molecule has 4 heteroatoms. The second kappa shape index (κ2) is 5.77. The van der Waals surface area contributed by atoms with Gasteiger partial charge in [0.2, 0.25) is 0 Å². The van der Waals surface area contributed by atoms with Crippen LogP contribution < -0.4 is 5.32 Å². The smallest absolute Gasteiger partial charge is 0.0826 e. The molecular formula is C12H20N2OS. The molecule has 2 unspecified atom stereocenters. The highest BCUT2D eigenvalue weighted by atomic mass is 32.1. The lowest BCUT2D eigenvalue weighted by molar-refractivity contribution is -0.0190. The molecule has 0 amide bonds. The number of likely N-dealkylation sites (N-methyl/N-ethyl adjacent to an activating group) is 1. The summed E-state index contributed by atoms with van der Waals surface area (Å²) in [5, 5.41) is 5.66. The van der Waals surface area contributed by atoms with Crippen molar-refractivity contribution in [1.82, 2.24) is 10.2 Å². The number of morpholine rings is 1. The third-order valence-electron chi connectivity index (χ3n) is 2.96. The van der Waals surface area contributed by atoms with Crippen LogP contribution in [-0.2, 0) is 4.74 Å². The summed E-state index contributed by atoms with van der Waals surface area (Å²) >= 11 is 1.80. The van der Waals surface area contributed by atoms with E-state index in [1.807, 2.05) is 0 Å². The van der Waals surface area contributed by atoms with Crippen LogP contribution in [-0.4, -0.2) is 44.3 Å². The van der Waals surface area contributed by atoms with Crippen molar-refractivity contribution >= 4 is 11.3 Å². The predicted octanol–water partition coefficient (Wildman–Crippen LogP) is 1.73. The maximum atomic E-state index is 5.72. The van der Waals surface area contributed by atoms with E-state index in [1.54, 1.807) is 11.3 Å². The first-order chi connectivity index (χ1) is 7.75. The lowest BCUT2D eigenvalue weighted by atomic mass is 10.2. The van der Waals surface area contributed by atoms with Gasteiger partial charge in [0.1, 0.15) is 0 Å². The molecule has 0 aliphatic carbocycles. The van der Waals surface area contributed by atoms with Crippen LogP contribution in [0.2, 0.25) is 0 Å². The van der Waals surface area contributed by atoms with Gasteiger partial charge < -0.3 is 15.0 Å². The second-order valence-corrected chi connectivity index (χ2v) is 5.38. The van der Waals surface area contributed by atoms with E-state index < -0.39 is 0 Å². The summed E-state index contributed by atoms with van der Waals surface area (Å²) in [5.41, 5.74) is 0. The molecule has 3 nitrogen and oxygen atoms in total. The molecule has 1 N–H and O–H groups in total. The van der Waals surface area contributed by atoms with Crippen molar-refractivity contribution in [2.75, 3.05) is 33.3 Å². The molecular weight excluding hydrogens is 220 g/mol. The van der Waals surface area contributed by atoms with Crippen molar-refractivity contribution in [2.45, 2.75) is 19.1 Å². The van der Waals surface area contributed by atoms with Crippen LogP contribution in [0.4, 0.5) is 0 Å². The minimum Gasteiger partial charge on any atom is -0.374 e. The molecule has 0 spiro atoms. The molecule has 0 saturated carbocycles. The first kappa shape index (κ1) is 12.0. The first-order valence-corrected chi connectivity index (χ1v) is 6.70. The van der Waals surface area contributed by atoms with Crippen LogP contribution in [0.3, 0.4) is 0 Å². The first-order valence-electron chi connectivity index (χ1n) is 5.82. The Kier molecular flexibility index (Phi) is 4.35. The minimum atomic E-state index is 0.334. The van der Waals surface area contributed by atoms with Crippen molar-refractivity contribution in [1.29, 1.82) is 0 Å². The molecule has 2 atom stereocenters. The molecule has 0 aromatic carbocycles. The van der Waals surface area contributed by atoms with E-state index in [0.717, 1.165) is 26.2 Å². The Balaban J connectivity index is 1.74. The highest BCUT2D eigenvalue weighted by Gasteiger charge is 2.18. The number of thiophene rings is 1. The summed E-state index contributed by atoms with van der Waals surface area (Å²) in [5.74, 6) is 0. The molecule has 1 aliphatic heterocycles. The van der Waals surface area contributed by atoms with Crippen LogP contribution >= 0.6 is 11.3 Å². The van der Waals surface area contributed by atoms with E-state index >= 15 is 0 Å². The van der Waals surface area contributed by atoms with Gasteiger partial charge in [-0.15, -0.1) is 11.3 Å². The number of rotatable bonds is 4. The van der Waals surface area contributed by atoms with Gasteiger partial charge in [0.05, 0.1) is 12.7 Å². The molecule has 16 heavy (non-hydrogen) atoms. The molecule has 2 heterocycles. The van der Waals surface area contributed by atoms with E-state index in [9.17, 15) is 0 Å². The maximum absolute atomic E-state index is 5.72. The van der Waals surface area contributed by atoms with E-state index in [2.05, 4.69) is 41.7 Å². The summed E-state index contributed by atoms with van der Waals surface area (Å²) in [4.78, 5) is 3.72. The summed E-state index contributed by atoms with van der Waals surface area (Å²) in [6.07, 6.45) is 0.334. The summed E-state index contributed by atoms with van der Waals surface area (Å²) < 4.78 is 5.72. The fourth-order valence-corrected chi connectivity index (χ4v) is 2.70. The van der Waals surface area contributed by atoms with Crippen LogP contribution in [0.5, 0.6) is 0 Å². The molecule has 1 aliphatic rings. The van der Waals surface area contributed by atoms with E-state index in [-0.39, 0.29) is 0 Å². The zero-order valence-corrected chi connectivity index (χ0v) is 10.8. The Morgan fingerprint density at radius 3 is 3.25 bits per heavy atom. The van der Waals surface area contributed by atoms with Gasteiger partial charge in [-0.25, -0.2) is 0 Å². The number of ether oxygens (including phenoxy) is 1. The average Bonchev–Trinajstić information content (AvgIpc) is 2.79. The summed E-state index contributed by atoms with van der Waals surface area (Å²) in [6.45, 7) is 6.08. The van der Waals surface area contributed by atoms with Gasteiger partial charge in [-0.3, -0.25) is 0 Å². The van der Waals surface area contributed by atoms with Gasteiger partial charge in [0.25, 0.3) is 0 Å². The van der Waals surface area contributed by atoms with Crippen molar-refractivity contribution in [3.05, 3.63) is 22.4 Å². The molecule has 1 saturated heterocycles. The molecule has 1 fully saturated rings. The Bertz CT molecular complexity index is 302.